The summed E-state index contributed by atoms with van der Waals surface area (Å²) >= 11 is 0. The minimum Gasteiger partial charge on any atom is -0.495 e. The standard InChI is InChI=1S/C30H38F3N5O3S/c1-36(2)22-13-11-21(12-14-22)35-26-9-6-10-28-25(26)18-23(38(28)20-30(31,32)33)8-7-17-34-27-16-15-24(19-29(27)41-5)42(39,40)37(3)4/h6,9-10,15-16,18-19,21-22,34-35H,11-14,17,20H2,1-5H3. The number of hydrogen-bond acceptors (Lipinski definition) is 6. The van der Waals surface area contributed by atoms with Crippen LogP contribution in [0.4, 0.5) is 24.5 Å². The molecule has 3 aromatic rings. The number of anilines is 2. The number of sulfonamides is 1. The van der Waals surface area contributed by atoms with Crippen molar-refractivity contribution in [3.8, 4) is 17.6 Å². The van der Waals surface area contributed by atoms with E-state index in [0.29, 0.717) is 28.4 Å². The fourth-order valence-corrected chi connectivity index (χ4v) is 6.20. The van der Waals surface area contributed by atoms with Crippen molar-refractivity contribution < 1.29 is 26.3 Å². The molecule has 1 aliphatic carbocycles. The Kier molecular flexibility index (Phi) is 9.65. The topological polar surface area (TPSA) is 78.8 Å². The maximum atomic E-state index is 13.6. The van der Waals surface area contributed by atoms with Gasteiger partial charge in [-0.2, -0.15) is 13.2 Å². The molecule has 1 saturated carbocycles. The van der Waals surface area contributed by atoms with E-state index >= 15 is 0 Å². The molecule has 1 aliphatic rings. The number of halogens is 3. The van der Waals surface area contributed by atoms with Gasteiger partial charge in [-0.05, 0) is 76.0 Å². The van der Waals surface area contributed by atoms with E-state index in [4.69, 9.17) is 4.74 Å². The Balaban J connectivity index is 1.56. The molecule has 2 N–H and O–H groups in total. The first kappa shape index (κ1) is 31.5. The number of hydrogen-bond donors (Lipinski definition) is 2. The summed E-state index contributed by atoms with van der Waals surface area (Å²) in [6, 6.07) is 12.3. The molecule has 4 rings (SSSR count). The number of ether oxygens (including phenoxy) is 1. The van der Waals surface area contributed by atoms with Gasteiger partial charge in [-0.3, -0.25) is 0 Å². The highest BCUT2D eigenvalue weighted by Crippen LogP contribution is 2.33. The molecule has 0 spiro atoms. The minimum atomic E-state index is -4.42. The Hall–Kier alpha value is -3.40. The SMILES string of the molecule is COc1cc(S(=O)(=O)N(C)C)ccc1NCC#Cc1cc2c(NC3CCC(N(C)C)CC3)cccc2n1CC(F)(F)F. The van der Waals surface area contributed by atoms with Crippen molar-refractivity contribution in [3.63, 3.8) is 0 Å². The highest BCUT2D eigenvalue weighted by atomic mass is 32.2. The van der Waals surface area contributed by atoms with Crippen molar-refractivity contribution in [3.05, 3.63) is 48.2 Å². The van der Waals surface area contributed by atoms with Crippen molar-refractivity contribution >= 4 is 32.3 Å². The fraction of sp³-hybridized carbons (Fsp3) is 0.467. The van der Waals surface area contributed by atoms with E-state index in [-0.39, 0.29) is 23.2 Å². The van der Waals surface area contributed by atoms with E-state index in [1.807, 2.05) is 6.07 Å². The minimum absolute atomic E-state index is 0.0767. The van der Waals surface area contributed by atoms with E-state index in [1.165, 1.54) is 37.9 Å². The third-order valence-corrected chi connectivity index (χ3v) is 9.42. The third kappa shape index (κ3) is 7.32. The lowest BCUT2D eigenvalue weighted by atomic mass is 9.90. The second-order valence-electron chi connectivity index (χ2n) is 10.9. The van der Waals surface area contributed by atoms with Gasteiger partial charge < -0.3 is 24.8 Å². The van der Waals surface area contributed by atoms with Crippen molar-refractivity contribution in [1.82, 2.24) is 13.8 Å². The highest BCUT2D eigenvalue weighted by Gasteiger charge is 2.30. The molecule has 1 heterocycles. The third-order valence-electron chi connectivity index (χ3n) is 7.61. The van der Waals surface area contributed by atoms with E-state index in [9.17, 15) is 21.6 Å². The van der Waals surface area contributed by atoms with Crippen LogP contribution in [0.1, 0.15) is 31.4 Å². The Morgan fingerprint density at radius 2 is 1.74 bits per heavy atom. The smallest absolute Gasteiger partial charge is 0.406 e. The number of alkyl halides is 3. The summed E-state index contributed by atoms with van der Waals surface area (Å²) in [6.45, 7) is -1.05. The van der Waals surface area contributed by atoms with Crippen molar-refractivity contribution in [2.45, 2.75) is 55.4 Å². The van der Waals surface area contributed by atoms with Gasteiger partial charge in [0, 0.05) is 43.3 Å². The molecule has 0 radical (unpaired) electrons. The number of aromatic nitrogens is 1. The van der Waals surface area contributed by atoms with Gasteiger partial charge in [0.15, 0.2) is 0 Å². The zero-order valence-corrected chi connectivity index (χ0v) is 25.4. The quantitative estimate of drug-likeness (QED) is 0.326. The fourth-order valence-electron chi connectivity index (χ4n) is 5.28. The largest absolute Gasteiger partial charge is 0.495 e. The highest BCUT2D eigenvalue weighted by molar-refractivity contribution is 7.89. The molecule has 1 fully saturated rings. The van der Waals surface area contributed by atoms with Crippen molar-refractivity contribution in [2.75, 3.05) is 52.5 Å². The first-order valence-electron chi connectivity index (χ1n) is 13.8. The Bertz CT molecular complexity index is 1560. The van der Waals surface area contributed by atoms with Crippen LogP contribution in [0, 0.1) is 11.8 Å². The van der Waals surface area contributed by atoms with E-state index < -0.39 is 22.7 Å². The lowest BCUT2D eigenvalue weighted by molar-refractivity contribution is -0.140. The van der Waals surface area contributed by atoms with Gasteiger partial charge in [0.25, 0.3) is 0 Å². The number of nitrogens with zero attached hydrogens (tertiary/aromatic N) is 3. The van der Waals surface area contributed by atoms with Crippen LogP contribution in [0.25, 0.3) is 10.9 Å². The Labute approximate surface area is 245 Å². The molecule has 228 valence electrons. The monoisotopic (exact) mass is 605 g/mol. The zero-order valence-electron chi connectivity index (χ0n) is 24.5. The number of rotatable bonds is 9. The predicted octanol–water partition coefficient (Wildman–Crippen LogP) is 5.21. The Morgan fingerprint density at radius 1 is 1.02 bits per heavy atom. The van der Waals surface area contributed by atoms with Gasteiger partial charge in [-0.25, -0.2) is 12.7 Å². The second kappa shape index (κ2) is 12.9. The van der Waals surface area contributed by atoms with Crippen LogP contribution < -0.4 is 15.4 Å². The van der Waals surface area contributed by atoms with Crippen LogP contribution in [-0.4, -0.2) is 82.3 Å². The molecule has 0 unspecified atom stereocenters. The molecule has 1 aromatic heterocycles. The lowest BCUT2D eigenvalue weighted by Gasteiger charge is -2.33. The summed E-state index contributed by atoms with van der Waals surface area (Å²) in [5.41, 5.74) is 2.04. The summed E-state index contributed by atoms with van der Waals surface area (Å²) in [4.78, 5) is 2.32. The van der Waals surface area contributed by atoms with Crippen LogP contribution in [0.15, 0.2) is 47.4 Å². The molecule has 2 aromatic carbocycles. The molecule has 0 bridgehead atoms. The van der Waals surface area contributed by atoms with Gasteiger partial charge >= 0.3 is 6.18 Å². The number of methoxy groups -OCH3 is 1. The van der Waals surface area contributed by atoms with E-state index in [0.717, 1.165) is 35.7 Å². The summed E-state index contributed by atoms with van der Waals surface area (Å²) in [5, 5.41) is 7.35. The van der Waals surface area contributed by atoms with E-state index in [2.05, 4.69) is 41.5 Å². The van der Waals surface area contributed by atoms with Crippen LogP contribution >= 0.6 is 0 Å². The number of benzene rings is 2. The van der Waals surface area contributed by atoms with Crippen LogP contribution in [0.2, 0.25) is 0 Å². The zero-order chi connectivity index (χ0) is 30.7. The number of nitrogens with one attached hydrogen (secondary N) is 2. The van der Waals surface area contributed by atoms with Crippen molar-refractivity contribution in [1.29, 1.82) is 0 Å². The van der Waals surface area contributed by atoms with Crippen molar-refractivity contribution in [2.24, 2.45) is 0 Å². The normalized spacial score (nSPS) is 17.8. The van der Waals surface area contributed by atoms with Crippen LogP contribution in [0.5, 0.6) is 5.75 Å². The number of fused-ring (bicyclic) bond motifs is 1. The average molecular weight is 606 g/mol. The molecule has 0 saturated heterocycles. The maximum Gasteiger partial charge on any atom is 0.406 e. The predicted molar refractivity (Wildman–Crippen MR) is 161 cm³/mol. The first-order valence-corrected chi connectivity index (χ1v) is 15.2. The van der Waals surface area contributed by atoms with Crippen LogP contribution in [0.3, 0.4) is 0 Å². The van der Waals surface area contributed by atoms with Gasteiger partial charge in [0.1, 0.15) is 12.3 Å². The van der Waals surface area contributed by atoms with Gasteiger partial charge in [0.05, 0.1) is 35.4 Å². The molecule has 8 nitrogen and oxygen atoms in total. The van der Waals surface area contributed by atoms with Gasteiger partial charge in [-0.1, -0.05) is 12.0 Å². The first-order chi connectivity index (χ1) is 19.8. The van der Waals surface area contributed by atoms with E-state index in [1.54, 1.807) is 24.3 Å². The molecule has 0 aliphatic heterocycles. The summed E-state index contributed by atoms with van der Waals surface area (Å²) in [5.74, 6) is 6.12. The molecule has 42 heavy (non-hydrogen) atoms. The molecular weight excluding hydrogens is 567 g/mol. The lowest BCUT2D eigenvalue weighted by Crippen LogP contribution is -2.36. The molecule has 0 atom stereocenters. The molecule has 12 heteroatoms. The molecule has 0 amide bonds. The average Bonchev–Trinajstić information content (AvgIpc) is 3.27. The van der Waals surface area contributed by atoms with Gasteiger partial charge in [-0.15, -0.1) is 0 Å². The summed E-state index contributed by atoms with van der Waals surface area (Å²) in [6.07, 6.45) is -0.299. The molecular formula is C30H38F3N5O3S. The Morgan fingerprint density at radius 3 is 2.36 bits per heavy atom. The summed E-state index contributed by atoms with van der Waals surface area (Å²) in [7, 11) is 4.84. The summed E-state index contributed by atoms with van der Waals surface area (Å²) < 4.78 is 73.4. The van der Waals surface area contributed by atoms with Crippen LogP contribution in [-0.2, 0) is 16.6 Å². The maximum absolute atomic E-state index is 13.6. The van der Waals surface area contributed by atoms with Gasteiger partial charge in [0.2, 0.25) is 10.0 Å². The second-order valence-corrected chi connectivity index (χ2v) is 13.0.